The van der Waals surface area contributed by atoms with Gasteiger partial charge in [0, 0.05) is 10.6 Å². The Morgan fingerprint density at radius 1 is 1.08 bits per heavy atom. The van der Waals surface area contributed by atoms with Gasteiger partial charge in [-0.25, -0.2) is 8.42 Å². The quantitative estimate of drug-likeness (QED) is 0.597. The first-order valence-corrected chi connectivity index (χ1v) is 9.52. The summed E-state index contributed by atoms with van der Waals surface area (Å²) in [5.41, 5.74) is 0.436. The van der Waals surface area contributed by atoms with Crippen molar-refractivity contribution in [3.8, 4) is 5.75 Å². The second-order valence-electron chi connectivity index (χ2n) is 5.29. The van der Waals surface area contributed by atoms with Crippen LogP contribution < -0.4 is 9.46 Å². The van der Waals surface area contributed by atoms with Gasteiger partial charge < -0.3 is 9.47 Å². The summed E-state index contributed by atoms with van der Waals surface area (Å²) in [5, 5.41) is 0.604. The Hall–Kier alpha value is -2.58. The highest BCUT2D eigenvalue weighted by Gasteiger charge is 2.30. The highest BCUT2D eigenvalue weighted by Crippen LogP contribution is 2.22. The number of halogens is 1. The Morgan fingerprint density at radius 3 is 2.58 bits per heavy atom. The highest BCUT2D eigenvalue weighted by molar-refractivity contribution is 7.90. The van der Waals surface area contributed by atoms with Crippen molar-refractivity contribution < 1.29 is 22.7 Å². The number of nitrogens with one attached hydrogen (secondary N) is 1. The van der Waals surface area contributed by atoms with Crippen molar-refractivity contribution >= 4 is 33.4 Å². The minimum atomic E-state index is -3.62. The molecule has 1 aliphatic heterocycles. The van der Waals surface area contributed by atoms with Gasteiger partial charge in [0.25, 0.3) is 10.0 Å². The number of carbonyl (C=O) groups excluding carboxylic acids is 1. The fourth-order valence-electron chi connectivity index (χ4n) is 2.29. The van der Waals surface area contributed by atoms with Crippen LogP contribution in [0.2, 0.25) is 5.02 Å². The number of amidine groups is 1. The van der Waals surface area contributed by atoms with Gasteiger partial charge in [0.1, 0.15) is 31.3 Å². The maximum absolute atomic E-state index is 11.9. The Labute approximate surface area is 155 Å². The van der Waals surface area contributed by atoms with Gasteiger partial charge in [-0.15, -0.1) is 0 Å². The number of sulfonamides is 1. The first-order valence-electron chi connectivity index (χ1n) is 7.66. The average Bonchev–Trinajstić information content (AvgIpc) is 2.89. The standard InChI is InChI=1S/C17H15ClN2O5S/c18-12-5-7-13(8-6-12)24-9-10-25-16(21)11-19-17-14-3-1-2-4-15(14)26(22,23)20-17/h1-8H,9-11H2,(H,19,20). The summed E-state index contributed by atoms with van der Waals surface area (Å²) in [7, 11) is -3.62. The molecule has 26 heavy (non-hydrogen) atoms. The lowest BCUT2D eigenvalue weighted by Crippen LogP contribution is -2.23. The van der Waals surface area contributed by atoms with E-state index in [1.54, 1.807) is 42.5 Å². The van der Waals surface area contributed by atoms with E-state index in [0.29, 0.717) is 16.3 Å². The van der Waals surface area contributed by atoms with E-state index >= 15 is 0 Å². The maximum Gasteiger partial charge on any atom is 0.327 e. The number of benzene rings is 2. The summed E-state index contributed by atoms with van der Waals surface area (Å²) in [5.74, 6) is 0.165. The van der Waals surface area contributed by atoms with E-state index in [-0.39, 0.29) is 30.5 Å². The molecule has 0 aliphatic carbocycles. The molecule has 2 aromatic carbocycles. The van der Waals surface area contributed by atoms with Crippen LogP contribution in [-0.2, 0) is 19.6 Å². The van der Waals surface area contributed by atoms with Crippen LogP contribution in [0, 0.1) is 0 Å². The van der Waals surface area contributed by atoms with E-state index < -0.39 is 16.0 Å². The van der Waals surface area contributed by atoms with E-state index in [1.165, 1.54) is 6.07 Å². The molecular formula is C17H15ClN2O5S. The van der Waals surface area contributed by atoms with E-state index in [4.69, 9.17) is 21.1 Å². The Bertz CT molecular complexity index is 942. The van der Waals surface area contributed by atoms with Crippen molar-refractivity contribution in [3.63, 3.8) is 0 Å². The van der Waals surface area contributed by atoms with Gasteiger partial charge in [-0.1, -0.05) is 23.7 Å². The number of esters is 1. The summed E-state index contributed by atoms with van der Waals surface area (Å²) < 4.78 is 36.6. The number of nitrogens with zero attached hydrogens (tertiary/aromatic N) is 1. The first kappa shape index (κ1) is 18.2. The van der Waals surface area contributed by atoms with Crippen molar-refractivity contribution in [2.45, 2.75) is 4.90 Å². The van der Waals surface area contributed by atoms with Gasteiger partial charge in [0.05, 0.1) is 4.90 Å². The van der Waals surface area contributed by atoms with Gasteiger partial charge in [-0.05, 0) is 36.4 Å². The van der Waals surface area contributed by atoms with Crippen LogP contribution in [0.25, 0.3) is 0 Å². The molecule has 2 aromatic rings. The van der Waals surface area contributed by atoms with Crippen molar-refractivity contribution in [2.75, 3.05) is 19.8 Å². The summed E-state index contributed by atoms with van der Waals surface area (Å²) in [6, 6.07) is 13.2. The topological polar surface area (TPSA) is 94.1 Å². The van der Waals surface area contributed by atoms with Crippen LogP contribution in [0.3, 0.4) is 0 Å². The van der Waals surface area contributed by atoms with E-state index in [1.807, 2.05) is 0 Å². The fraction of sp³-hybridized carbons (Fsp3) is 0.176. The third kappa shape index (κ3) is 4.33. The third-order valence-corrected chi connectivity index (χ3v) is 5.11. The smallest absolute Gasteiger partial charge is 0.327 e. The maximum atomic E-state index is 11.9. The average molecular weight is 395 g/mol. The molecular weight excluding hydrogens is 380 g/mol. The summed E-state index contributed by atoms with van der Waals surface area (Å²) in [6.45, 7) is -0.0683. The molecule has 0 saturated carbocycles. The SMILES string of the molecule is O=C(CN=C1NS(=O)(=O)c2ccccc21)OCCOc1ccc(Cl)cc1. The third-order valence-electron chi connectivity index (χ3n) is 3.46. The predicted octanol–water partition coefficient (Wildman–Crippen LogP) is 2.00. The Kier molecular flexibility index (Phi) is 5.43. The van der Waals surface area contributed by atoms with Crippen molar-refractivity contribution in [2.24, 2.45) is 4.99 Å². The Morgan fingerprint density at radius 2 is 1.81 bits per heavy atom. The molecule has 9 heteroatoms. The lowest BCUT2D eigenvalue weighted by atomic mass is 10.2. The van der Waals surface area contributed by atoms with Crippen molar-refractivity contribution in [1.29, 1.82) is 0 Å². The molecule has 0 aromatic heterocycles. The molecule has 1 heterocycles. The van der Waals surface area contributed by atoms with Crippen LogP contribution in [0.1, 0.15) is 5.56 Å². The second kappa shape index (κ2) is 7.76. The summed E-state index contributed by atoms with van der Waals surface area (Å²) >= 11 is 5.77. The largest absolute Gasteiger partial charge is 0.490 e. The van der Waals surface area contributed by atoms with Crippen LogP contribution in [0.4, 0.5) is 0 Å². The molecule has 0 amide bonds. The van der Waals surface area contributed by atoms with Gasteiger partial charge in [0.15, 0.2) is 0 Å². The molecule has 136 valence electrons. The molecule has 1 N–H and O–H groups in total. The molecule has 0 radical (unpaired) electrons. The summed E-state index contributed by atoms with van der Waals surface area (Å²) in [6.07, 6.45) is 0. The lowest BCUT2D eigenvalue weighted by Gasteiger charge is -2.07. The predicted molar refractivity (Wildman–Crippen MR) is 96.1 cm³/mol. The zero-order valence-corrected chi connectivity index (χ0v) is 15.1. The van der Waals surface area contributed by atoms with Crippen LogP contribution >= 0.6 is 11.6 Å². The number of hydrogen-bond acceptors (Lipinski definition) is 6. The zero-order chi connectivity index (χ0) is 18.6. The van der Waals surface area contributed by atoms with E-state index in [0.717, 1.165) is 0 Å². The molecule has 0 bridgehead atoms. The first-order chi connectivity index (χ1) is 12.5. The molecule has 0 saturated heterocycles. The number of aliphatic imine (C=N–C) groups is 1. The number of hydrogen-bond donors (Lipinski definition) is 1. The highest BCUT2D eigenvalue weighted by atomic mass is 35.5. The molecule has 0 fully saturated rings. The molecule has 0 atom stereocenters. The zero-order valence-electron chi connectivity index (χ0n) is 13.5. The number of rotatable bonds is 6. The minimum Gasteiger partial charge on any atom is -0.490 e. The molecule has 7 nitrogen and oxygen atoms in total. The van der Waals surface area contributed by atoms with E-state index in [9.17, 15) is 13.2 Å². The van der Waals surface area contributed by atoms with Gasteiger partial charge >= 0.3 is 5.97 Å². The van der Waals surface area contributed by atoms with Crippen molar-refractivity contribution in [1.82, 2.24) is 4.72 Å². The summed E-state index contributed by atoms with van der Waals surface area (Å²) in [4.78, 5) is 15.9. The second-order valence-corrected chi connectivity index (χ2v) is 7.38. The van der Waals surface area contributed by atoms with Gasteiger partial charge in [0.2, 0.25) is 0 Å². The van der Waals surface area contributed by atoms with E-state index in [2.05, 4.69) is 9.71 Å². The van der Waals surface area contributed by atoms with Crippen molar-refractivity contribution in [3.05, 3.63) is 59.1 Å². The Balaban J connectivity index is 1.49. The number of carbonyl (C=O) groups is 1. The van der Waals surface area contributed by atoms with Gasteiger partial charge in [-0.3, -0.25) is 14.5 Å². The minimum absolute atomic E-state index is 0.0502. The molecule has 0 spiro atoms. The molecule has 0 unspecified atom stereocenters. The fourth-order valence-corrected chi connectivity index (χ4v) is 3.66. The van der Waals surface area contributed by atoms with Crippen LogP contribution in [0.5, 0.6) is 5.75 Å². The molecule has 3 rings (SSSR count). The lowest BCUT2D eigenvalue weighted by molar-refractivity contribution is -0.142. The van der Waals surface area contributed by atoms with Crippen LogP contribution in [-0.4, -0.2) is 40.0 Å². The number of fused-ring (bicyclic) bond motifs is 1. The molecule has 1 aliphatic rings. The number of ether oxygens (including phenoxy) is 2. The van der Waals surface area contributed by atoms with Gasteiger partial charge in [-0.2, -0.15) is 0 Å². The van der Waals surface area contributed by atoms with Crippen LogP contribution in [0.15, 0.2) is 58.4 Å². The normalized spacial score (nSPS) is 16.0. The monoisotopic (exact) mass is 394 g/mol.